The number of carbonyl (C=O) groups is 2. The summed E-state index contributed by atoms with van der Waals surface area (Å²) in [5, 5.41) is 4.95. The summed E-state index contributed by atoms with van der Waals surface area (Å²) in [6.45, 7) is 0. The van der Waals surface area contributed by atoms with E-state index >= 15 is 0 Å². The van der Waals surface area contributed by atoms with Gasteiger partial charge in [0.1, 0.15) is 5.37 Å². The number of hydrogen-bond donors (Lipinski definition) is 1. The van der Waals surface area contributed by atoms with Crippen molar-refractivity contribution in [3.63, 3.8) is 0 Å². The minimum atomic E-state index is -0.170. The quantitative estimate of drug-likeness (QED) is 0.440. The Morgan fingerprint density at radius 1 is 1.10 bits per heavy atom. The molecular formula is C23H17N3O2S2. The van der Waals surface area contributed by atoms with Gasteiger partial charge < -0.3 is 9.88 Å². The first-order valence-electron chi connectivity index (χ1n) is 9.41. The van der Waals surface area contributed by atoms with Gasteiger partial charge in [-0.3, -0.25) is 14.6 Å². The molecule has 4 heterocycles. The average molecular weight is 432 g/mol. The Hall–Kier alpha value is -3.16. The van der Waals surface area contributed by atoms with E-state index in [1.165, 1.54) is 11.3 Å². The molecule has 4 aromatic rings. The molecule has 30 heavy (non-hydrogen) atoms. The van der Waals surface area contributed by atoms with E-state index in [-0.39, 0.29) is 17.1 Å². The number of aromatic nitrogens is 2. The largest absolute Gasteiger partial charge is 0.333 e. The molecule has 5 rings (SSSR count). The number of thioether (sulfide) groups is 1. The second-order valence-electron chi connectivity index (χ2n) is 6.87. The lowest BCUT2D eigenvalue weighted by Crippen LogP contribution is -2.14. The Balaban J connectivity index is 1.36. The first-order chi connectivity index (χ1) is 14.7. The predicted octanol–water partition coefficient (Wildman–Crippen LogP) is 5.22. The lowest BCUT2D eigenvalue weighted by molar-refractivity contribution is 0.102. The molecule has 1 aliphatic heterocycles. The van der Waals surface area contributed by atoms with Crippen LogP contribution in [-0.4, -0.2) is 21.2 Å². The molecule has 3 aromatic heterocycles. The number of thiophene rings is 1. The molecule has 0 fully saturated rings. The zero-order valence-corrected chi connectivity index (χ0v) is 17.5. The third kappa shape index (κ3) is 3.46. The van der Waals surface area contributed by atoms with Crippen LogP contribution in [0.3, 0.4) is 0 Å². The van der Waals surface area contributed by atoms with Crippen LogP contribution in [-0.2, 0) is 5.75 Å². The van der Waals surface area contributed by atoms with Crippen LogP contribution in [0.15, 0.2) is 78.6 Å². The van der Waals surface area contributed by atoms with E-state index in [9.17, 15) is 9.59 Å². The highest BCUT2D eigenvalue weighted by atomic mass is 32.2. The molecular weight excluding hydrogens is 414 g/mol. The van der Waals surface area contributed by atoms with E-state index in [2.05, 4.69) is 20.9 Å². The van der Waals surface area contributed by atoms with Gasteiger partial charge in [-0.25, -0.2) is 0 Å². The summed E-state index contributed by atoms with van der Waals surface area (Å²) in [4.78, 5) is 30.4. The molecule has 5 nitrogen and oxygen atoms in total. The molecule has 0 saturated heterocycles. The number of amides is 1. The molecule has 1 aliphatic rings. The number of ketones is 1. The predicted molar refractivity (Wildman–Crippen MR) is 120 cm³/mol. The van der Waals surface area contributed by atoms with E-state index in [4.69, 9.17) is 0 Å². The average Bonchev–Trinajstić information content (AvgIpc) is 3.51. The second-order valence-corrected chi connectivity index (χ2v) is 8.89. The van der Waals surface area contributed by atoms with Crippen molar-refractivity contribution in [1.82, 2.24) is 9.55 Å². The van der Waals surface area contributed by atoms with Gasteiger partial charge >= 0.3 is 0 Å². The van der Waals surface area contributed by atoms with Crippen molar-refractivity contribution in [1.29, 1.82) is 0 Å². The Labute approximate surface area is 181 Å². The molecule has 1 amide bonds. The van der Waals surface area contributed by atoms with Crippen LogP contribution >= 0.6 is 23.1 Å². The van der Waals surface area contributed by atoms with Crippen molar-refractivity contribution in [3.8, 4) is 0 Å². The fourth-order valence-corrected chi connectivity index (χ4v) is 5.56. The van der Waals surface area contributed by atoms with Gasteiger partial charge in [-0.05, 0) is 35.7 Å². The Morgan fingerprint density at radius 3 is 2.83 bits per heavy atom. The highest BCUT2D eigenvalue weighted by molar-refractivity contribution is 7.99. The maximum absolute atomic E-state index is 13.0. The molecule has 1 unspecified atom stereocenters. The Morgan fingerprint density at radius 2 is 2.03 bits per heavy atom. The smallest absolute Gasteiger partial charge is 0.257 e. The van der Waals surface area contributed by atoms with Crippen LogP contribution in [0.2, 0.25) is 0 Å². The number of nitrogens with zero attached hydrogens (tertiary/aromatic N) is 2. The fraction of sp³-hybridized carbons (Fsp3) is 0.0870. The number of anilines is 1. The summed E-state index contributed by atoms with van der Waals surface area (Å²) in [6.07, 6.45) is 5.58. The van der Waals surface area contributed by atoms with Crippen molar-refractivity contribution >= 4 is 40.5 Å². The van der Waals surface area contributed by atoms with Crippen molar-refractivity contribution < 1.29 is 9.59 Å². The van der Waals surface area contributed by atoms with E-state index in [0.29, 0.717) is 21.7 Å². The molecule has 1 atom stereocenters. The SMILES string of the molecule is O=C(c1cccc(NC(=O)c2ccn3c2CSC3c2cccnc2)c1)c1cccs1. The third-order valence-corrected chi connectivity index (χ3v) is 7.12. The Bertz CT molecular complexity index is 1220. The minimum Gasteiger partial charge on any atom is -0.333 e. The first-order valence-corrected chi connectivity index (χ1v) is 11.3. The van der Waals surface area contributed by atoms with E-state index in [0.717, 1.165) is 17.0 Å². The van der Waals surface area contributed by atoms with Crippen LogP contribution in [0.1, 0.15) is 42.2 Å². The van der Waals surface area contributed by atoms with Crippen LogP contribution in [0, 0.1) is 0 Å². The number of hydrogen-bond acceptors (Lipinski definition) is 5. The standard InChI is InChI=1S/C23H17N3O2S2/c27-21(20-7-3-11-29-20)15-4-1-6-17(12-15)25-22(28)18-8-10-26-19(18)14-30-23(26)16-5-2-9-24-13-16/h1-13,23H,14H2,(H,25,28). The van der Waals surface area contributed by atoms with E-state index in [1.807, 2.05) is 36.0 Å². The maximum atomic E-state index is 13.0. The molecule has 0 spiro atoms. The van der Waals surface area contributed by atoms with Gasteiger partial charge in [0.2, 0.25) is 5.78 Å². The minimum absolute atomic E-state index is 0.0402. The summed E-state index contributed by atoms with van der Waals surface area (Å²) in [7, 11) is 0. The molecule has 0 radical (unpaired) electrons. The number of pyridine rings is 1. The van der Waals surface area contributed by atoms with Crippen molar-refractivity contribution in [2.75, 3.05) is 5.32 Å². The number of carbonyl (C=O) groups excluding carboxylic acids is 2. The fourth-order valence-electron chi connectivity index (χ4n) is 3.56. The zero-order chi connectivity index (χ0) is 20.5. The maximum Gasteiger partial charge on any atom is 0.257 e. The number of nitrogens with one attached hydrogen (secondary N) is 1. The van der Waals surface area contributed by atoms with Crippen molar-refractivity contribution in [3.05, 3.63) is 106 Å². The van der Waals surface area contributed by atoms with Crippen LogP contribution < -0.4 is 5.32 Å². The summed E-state index contributed by atoms with van der Waals surface area (Å²) < 4.78 is 2.13. The molecule has 0 bridgehead atoms. The van der Waals surface area contributed by atoms with Gasteiger partial charge in [-0.1, -0.05) is 24.3 Å². The third-order valence-electron chi connectivity index (χ3n) is 5.00. The summed E-state index contributed by atoms with van der Waals surface area (Å²) in [5.41, 5.74) is 3.94. The van der Waals surface area contributed by atoms with Gasteiger partial charge in [-0.2, -0.15) is 0 Å². The molecule has 7 heteroatoms. The molecule has 1 aromatic carbocycles. The van der Waals surface area contributed by atoms with Crippen LogP contribution in [0.5, 0.6) is 0 Å². The van der Waals surface area contributed by atoms with Crippen molar-refractivity contribution in [2.45, 2.75) is 11.1 Å². The molecule has 1 N–H and O–H groups in total. The van der Waals surface area contributed by atoms with E-state index < -0.39 is 0 Å². The lowest BCUT2D eigenvalue weighted by Gasteiger charge is -2.12. The zero-order valence-electron chi connectivity index (χ0n) is 15.8. The van der Waals surface area contributed by atoms with Gasteiger partial charge in [0, 0.05) is 46.9 Å². The summed E-state index contributed by atoms with van der Waals surface area (Å²) in [6, 6.07) is 16.6. The first kappa shape index (κ1) is 18.8. The van der Waals surface area contributed by atoms with E-state index in [1.54, 1.807) is 48.3 Å². The van der Waals surface area contributed by atoms with Gasteiger partial charge in [0.25, 0.3) is 5.91 Å². The lowest BCUT2D eigenvalue weighted by atomic mass is 10.1. The number of rotatable bonds is 5. The molecule has 0 aliphatic carbocycles. The number of benzene rings is 1. The van der Waals surface area contributed by atoms with Crippen LogP contribution in [0.4, 0.5) is 5.69 Å². The topological polar surface area (TPSA) is 64.0 Å². The summed E-state index contributed by atoms with van der Waals surface area (Å²) >= 11 is 3.18. The second kappa shape index (κ2) is 7.93. The van der Waals surface area contributed by atoms with Crippen LogP contribution in [0.25, 0.3) is 0 Å². The highest BCUT2D eigenvalue weighted by Crippen LogP contribution is 2.41. The van der Waals surface area contributed by atoms with Crippen molar-refractivity contribution in [2.24, 2.45) is 0 Å². The normalized spacial score (nSPS) is 15.0. The summed E-state index contributed by atoms with van der Waals surface area (Å²) in [5.74, 6) is 0.546. The highest BCUT2D eigenvalue weighted by Gasteiger charge is 2.28. The molecule has 0 saturated carbocycles. The van der Waals surface area contributed by atoms with Gasteiger partial charge in [0.15, 0.2) is 0 Å². The number of fused-ring (bicyclic) bond motifs is 1. The van der Waals surface area contributed by atoms with Gasteiger partial charge in [-0.15, -0.1) is 23.1 Å². The Kier molecular flexibility index (Phi) is 4.98. The molecule has 148 valence electrons. The monoisotopic (exact) mass is 431 g/mol. The van der Waals surface area contributed by atoms with Gasteiger partial charge in [0.05, 0.1) is 10.4 Å².